The van der Waals surface area contributed by atoms with E-state index in [2.05, 4.69) is 10.1 Å². The molecule has 0 saturated carbocycles. The van der Waals surface area contributed by atoms with Gasteiger partial charge in [0.15, 0.2) is 11.8 Å². The molecule has 154 valence electrons. The van der Waals surface area contributed by atoms with Gasteiger partial charge >= 0.3 is 11.9 Å². The highest BCUT2D eigenvalue weighted by Crippen LogP contribution is 2.31. The number of nitrogens with zero attached hydrogens (tertiary/aromatic N) is 4. The summed E-state index contributed by atoms with van der Waals surface area (Å²) in [6, 6.07) is 13.9. The maximum absolute atomic E-state index is 13.3. The molecule has 7 nitrogen and oxygen atoms in total. The number of carbonyl (C=O) groups is 2. The van der Waals surface area contributed by atoms with Gasteiger partial charge in [0.1, 0.15) is 11.4 Å². The number of amides is 3. The van der Waals surface area contributed by atoms with Crippen molar-refractivity contribution in [2.75, 3.05) is 4.90 Å². The molecule has 3 heterocycles. The third-order valence-corrected chi connectivity index (χ3v) is 6.28. The van der Waals surface area contributed by atoms with Crippen molar-refractivity contribution in [3.05, 3.63) is 76.5 Å². The SMILES string of the molecule is Cc1cccc(-c2noc(C[N+]3=C4C=CSC4C(=O)N(c4ccc(Cl)cc4)C3=O)n2)c1. The van der Waals surface area contributed by atoms with E-state index in [4.69, 9.17) is 16.1 Å². The summed E-state index contributed by atoms with van der Waals surface area (Å²) in [4.78, 5) is 32.0. The summed E-state index contributed by atoms with van der Waals surface area (Å²) >= 11 is 7.33. The summed E-state index contributed by atoms with van der Waals surface area (Å²) in [5, 5.41) is 5.89. The van der Waals surface area contributed by atoms with Crippen LogP contribution in [0.15, 0.2) is 64.5 Å². The van der Waals surface area contributed by atoms with Gasteiger partial charge in [0, 0.05) is 10.6 Å². The molecule has 2 aliphatic rings. The van der Waals surface area contributed by atoms with E-state index < -0.39 is 11.3 Å². The Morgan fingerprint density at radius 2 is 2.00 bits per heavy atom. The molecule has 3 amide bonds. The zero-order chi connectivity index (χ0) is 21.5. The molecule has 0 aliphatic carbocycles. The largest absolute Gasteiger partial charge is 0.506 e. The highest BCUT2D eigenvalue weighted by atomic mass is 35.5. The molecular formula is C22H16ClN4O3S+. The Kier molecular flexibility index (Phi) is 4.95. The molecule has 0 saturated heterocycles. The van der Waals surface area contributed by atoms with E-state index in [1.54, 1.807) is 30.3 Å². The molecule has 3 aromatic rings. The quantitative estimate of drug-likeness (QED) is 0.545. The minimum atomic E-state index is -0.507. The number of aryl methyl sites for hydroxylation is 1. The second-order valence-corrected chi connectivity index (χ2v) is 8.60. The number of hydrogen-bond acceptors (Lipinski definition) is 6. The monoisotopic (exact) mass is 451 g/mol. The van der Waals surface area contributed by atoms with Crippen molar-refractivity contribution in [1.29, 1.82) is 0 Å². The van der Waals surface area contributed by atoms with Crippen molar-refractivity contribution < 1.29 is 18.7 Å². The number of anilines is 1. The van der Waals surface area contributed by atoms with E-state index in [0.717, 1.165) is 11.1 Å². The Morgan fingerprint density at radius 3 is 2.77 bits per heavy atom. The van der Waals surface area contributed by atoms with Crippen LogP contribution >= 0.6 is 23.4 Å². The number of benzene rings is 2. The lowest BCUT2D eigenvalue weighted by molar-refractivity contribution is -0.448. The van der Waals surface area contributed by atoms with Crippen LogP contribution in [0.25, 0.3) is 11.4 Å². The lowest BCUT2D eigenvalue weighted by Gasteiger charge is -2.23. The van der Waals surface area contributed by atoms with E-state index in [1.807, 2.05) is 36.6 Å². The Balaban J connectivity index is 1.49. The zero-order valence-electron chi connectivity index (χ0n) is 16.4. The molecule has 5 rings (SSSR count). The fourth-order valence-electron chi connectivity index (χ4n) is 3.55. The normalized spacial score (nSPS) is 18.1. The summed E-state index contributed by atoms with van der Waals surface area (Å²) < 4.78 is 6.93. The van der Waals surface area contributed by atoms with Gasteiger partial charge in [-0.2, -0.15) is 14.4 Å². The van der Waals surface area contributed by atoms with Crippen LogP contribution in [0.5, 0.6) is 0 Å². The molecular weight excluding hydrogens is 436 g/mol. The fourth-order valence-corrected chi connectivity index (χ4v) is 4.61. The maximum atomic E-state index is 13.3. The van der Waals surface area contributed by atoms with Crippen molar-refractivity contribution >= 4 is 46.7 Å². The van der Waals surface area contributed by atoms with Crippen molar-refractivity contribution in [1.82, 2.24) is 10.1 Å². The topological polar surface area (TPSA) is 79.3 Å². The number of imide groups is 1. The van der Waals surface area contributed by atoms with Crippen molar-refractivity contribution in [2.24, 2.45) is 0 Å². The van der Waals surface area contributed by atoms with Gasteiger partial charge in [0.05, 0.1) is 0 Å². The van der Waals surface area contributed by atoms with Crippen LogP contribution in [-0.4, -0.2) is 37.6 Å². The third kappa shape index (κ3) is 3.58. The average Bonchev–Trinajstić information content (AvgIpc) is 3.42. The number of rotatable bonds is 4. The number of halogens is 1. The van der Waals surface area contributed by atoms with Crippen LogP contribution in [0, 0.1) is 6.92 Å². The number of carbonyl (C=O) groups excluding carboxylic acids is 2. The van der Waals surface area contributed by atoms with E-state index in [-0.39, 0.29) is 18.3 Å². The molecule has 31 heavy (non-hydrogen) atoms. The van der Waals surface area contributed by atoms with E-state index >= 15 is 0 Å². The van der Waals surface area contributed by atoms with Crippen molar-refractivity contribution in [2.45, 2.75) is 18.7 Å². The molecule has 0 spiro atoms. The average molecular weight is 452 g/mol. The minimum absolute atomic E-state index is 0.0613. The highest BCUT2D eigenvalue weighted by Gasteiger charge is 2.50. The maximum Gasteiger partial charge on any atom is 0.506 e. The lowest BCUT2D eigenvalue weighted by Crippen LogP contribution is -2.55. The van der Waals surface area contributed by atoms with Crippen LogP contribution in [0.3, 0.4) is 0 Å². The number of aromatic nitrogens is 2. The number of allylic oxidation sites excluding steroid dienone is 1. The summed E-state index contributed by atoms with van der Waals surface area (Å²) in [6.07, 6.45) is 1.78. The Hall–Kier alpha value is -3.23. The van der Waals surface area contributed by atoms with Crippen molar-refractivity contribution in [3.63, 3.8) is 0 Å². The lowest BCUT2D eigenvalue weighted by atomic mass is 10.1. The molecule has 2 aliphatic heterocycles. The second-order valence-electron chi connectivity index (χ2n) is 7.14. The summed E-state index contributed by atoms with van der Waals surface area (Å²) in [7, 11) is 0. The summed E-state index contributed by atoms with van der Waals surface area (Å²) in [5.74, 6) is 0.443. The van der Waals surface area contributed by atoms with Gasteiger partial charge in [0.2, 0.25) is 5.82 Å². The van der Waals surface area contributed by atoms with Gasteiger partial charge in [-0.05, 0) is 48.7 Å². The van der Waals surface area contributed by atoms with E-state index in [1.165, 1.54) is 21.2 Å². The highest BCUT2D eigenvalue weighted by molar-refractivity contribution is 8.04. The van der Waals surface area contributed by atoms with Gasteiger partial charge in [-0.3, -0.25) is 0 Å². The van der Waals surface area contributed by atoms with Crippen LogP contribution in [0.4, 0.5) is 10.5 Å². The number of hydrogen-bond donors (Lipinski definition) is 0. The molecule has 1 unspecified atom stereocenters. The zero-order valence-corrected chi connectivity index (χ0v) is 17.9. The first-order valence-electron chi connectivity index (χ1n) is 9.51. The number of thioether (sulfide) groups is 1. The van der Waals surface area contributed by atoms with Crippen LogP contribution in [0.1, 0.15) is 11.5 Å². The van der Waals surface area contributed by atoms with Gasteiger partial charge in [0.25, 0.3) is 5.89 Å². The summed E-state index contributed by atoms with van der Waals surface area (Å²) in [6.45, 7) is 2.05. The summed E-state index contributed by atoms with van der Waals surface area (Å²) in [5.41, 5.74) is 2.99. The Labute approximate surface area is 187 Å². The fraction of sp³-hybridized carbons (Fsp3) is 0.136. The Bertz CT molecular complexity index is 1270. The first-order chi connectivity index (χ1) is 15.0. The van der Waals surface area contributed by atoms with E-state index in [0.29, 0.717) is 22.2 Å². The number of fused-ring (bicyclic) bond motifs is 1. The molecule has 0 fully saturated rings. The molecule has 1 atom stereocenters. The molecule has 2 aromatic carbocycles. The number of urea groups is 1. The van der Waals surface area contributed by atoms with Crippen LogP contribution in [0.2, 0.25) is 5.02 Å². The minimum Gasteiger partial charge on any atom is -0.335 e. The first-order valence-corrected chi connectivity index (χ1v) is 10.8. The predicted octanol–water partition coefficient (Wildman–Crippen LogP) is 4.45. The van der Waals surface area contributed by atoms with Gasteiger partial charge in [-0.1, -0.05) is 40.5 Å². The first kappa shape index (κ1) is 19.7. The molecule has 1 aromatic heterocycles. The van der Waals surface area contributed by atoms with Crippen LogP contribution < -0.4 is 4.90 Å². The predicted molar refractivity (Wildman–Crippen MR) is 118 cm³/mol. The second kappa shape index (κ2) is 7.79. The standard InChI is InChI=1S/C22H16ClN4O3S/c1-13-3-2-4-14(11-13)20-24-18(30-25-20)12-26-17-9-10-31-19(17)21(28)27(22(26)29)16-7-5-15(23)6-8-16/h2-11,19H,12H2,1H3/q+1. The van der Waals surface area contributed by atoms with E-state index in [9.17, 15) is 9.59 Å². The third-order valence-electron chi connectivity index (χ3n) is 5.02. The Morgan fingerprint density at radius 1 is 1.19 bits per heavy atom. The molecule has 0 bridgehead atoms. The smallest absolute Gasteiger partial charge is 0.335 e. The van der Waals surface area contributed by atoms with Gasteiger partial charge in [-0.15, -0.1) is 16.7 Å². The molecule has 0 radical (unpaired) electrons. The molecule has 9 heteroatoms. The van der Waals surface area contributed by atoms with Gasteiger partial charge in [-0.25, -0.2) is 4.79 Å². The molecule has 0 N–H and O–H groups in total. The van der Waals surface area contributed by atoms with Gasteiger partial charge < -0.3 is 4.52 Å². The van der Waals surface area contributed by atoms with Crippen LogP contribution in [-0.2, 0) is 11.3 Å². The van der Waals surface area contributed by atoms with Crippen molar-refractivity contribution in [3.8, 4) is 11.4 Å².